The normalized spacial score (nSPS) is 48.6. The second-order valence-electron chi connectivity index (χ2n) is 2.43. The Hall–Kier alpha value is -0.330. The van der Waals surface area contributed by atoms with Gasteiger partial charge in [-0.15, -0.1) is 0 Å². The molecule has 0 spiro atoms. The van der Waals surface area contributed by atoms with Crippen LogP contribution in [0.2, 0.25) is 0 Å². The van der Waals surface area contributed by atoms with Crippen molar-refractivity contribution in [2.45, 2.75) is 13.8 Å². The lowest BCUT2D eigenvalue weighted by Gasteiger charge is -1.67. The van der Waals surface area contributed by atoms with Gasteiger partial charge in [0.1, 0.15) is 6.29 Å². The molecule has 1 heteroatoms. The fraction of sp³-hybridized carbons (Fsp3) is 0.833. The number of carbonyl (C=O) groups is 1. The summed E-state index contributed by atoms with van der Waals surface area (Å²) in [7, 11) is 0. The van der Waals surface area contributed by atoms with Crippen LogP contribution in [0.3, 0.4) is 0 Å². The lowest BCUT2D eigenvalue weighted by atomic mass is 10.4. The summed E-state index contributed by atoms with van der Waals surface area (Å²) in [6.07, 6.45) is 1.06. The number of hydrogen-bond donors (Lipinski definition) is 0. The topological polar surface area (TPSA) is 17.1 Å². The first-order valence-electron chi connectivity index (χ1n) is 2.72. The molecule has 0 N–H and O–H groups in total. The fourth-order valence-corrected chi connectivity index (χ4v) is 0.949. The lowest BCUT2D eigenvalue weighted by molar-refractivity contribution is -0.109. The van der Waals surface area contributed by atoms with Gasteiger partial charge in [-0.25, -0.2) is 0 Å². The van der Waals surface area contributed by atoms with E-state index in [2.05, 4.69) is 13.8 Å². The van der Waals surface area contributed by atoms with Gasteiger partial charge in [0.05, 0.1) is 0 Å². The van der Waals surface area contributed by atoms with Crippen molar-refractivity contribution in [2.75, 3.05) is 0 Å². The molecule has 0 radical (unpaired) electrons. The van der Waals surface area contributed by atoms with Gasteiger partial charge < -0.3 is 4.79 Å². The minimum Gasteiger partial charge on any atom is -0.303 e. The maximum absolute atomic E-state index is 9.99. The maximum atomic E-state index is 9.99. The van der Waals surface area contributed by atoms with Crippen molar-refractivity contribution in [1.29, 1.82) is 0 Å². The van der Waals surface area contributed by atoms with Crippen molar-refractivity contribution in [3.8, 4) is 0 Å². The van der Waals surface area contributed by atoms with Gasteiger partial charge in [-0.1, -0.05) is 13.8 Å². The maximum Gasteiger partial charge on any atom is 0.123 e. The molecule has 0 aliphatic heterocycles. The molecule has 0 aromatic carbocycles. The van der Waals surface area contributed by atoms with Crippen molar-refractivity contribution in [2.24, 2.45) is 17.8 Å². The second-order valence-corrected chi connectivity index (χ2v) is 2.43. The average Bonchev–Trinajstić information content (AvgIpc) is 2.17. The molecule has 1 aliphatic rings. The highest BCUT2D eigenvalue weighted by atomic mass is 16.1. The van der Waals surface area contributed by atoms with E-state index >= 15 is 0 Å². The molecule has 1 fully saturated rings. The largest absolute Gasteiger partial charge is 0.303 e. The second kappa shape index (κ2) is 1.32. The van der Waals surface area contributed by atoms with Crippen molar-refractivity contribution < 1.29 is 4.79 Å². The van der Waals surface area contributed by atoms with E-state index in [1.807, 2.05) is 0 Å². The SMILES string of the molecule is CC1C(C)C1C=O. The van der Waals surface area contributed by atoms with E-state index in [9.17, 15) is 4.79 Å². The molecular formula is C6H10O. The fourth-order valence-electron chi connectivity index (χ4n) is 0.949. The first-order chi connectivity index (χ1) is 3.27. The van der Waals surface area contributed by atoms with E-state index in [1.54, 1.807) is 0 Å². The zero-order valence-corrected chi connectivity index (χ0v) is 4.72. The Morgan fingerprint density at radius 3 is 1.71 bits per heavy atom. The molecule has 1 nitrogen and oxygen atoms in total. The van der Waals surface area contributed by atoms with Gasteiger partial charge in [0.25, 0.3) is 0 Å². The van der Waals surface area contributed by atoms with Gasteiger partial charge in [0.2, 0.25) is 0 Å². The number of hydrogen-bond acceptors (Lipinski definition) is 1. The van der Waals surface area contributed by atoms with Gasteiger partial charge in [0, 0.05) is 5.92 Å². The summed E-state index contributed by atoms with van der Waals surface area (Å²) >= 11 is 0. The van der Waals surface area contributed by atoms with Crippen LogP contribution in [0.25, 0.3) is 0 Å². The van der Waals surface area contributed by atoms with Crippen LogP contribution in [-0.4, -0.2) is 6.29 Å². The molecular weight excluding hydrogens is 88.1 g/mol. The third kappa shape index (κ3) is 0.561. The molecule has 2 atom stereocenters. The highest BCUT2D eigenvalue weighted by Crippen LogP contribution is 2.43. The quantitative estimate of drug-likeness (QED) is 0.448. The van der Waals surface area contributed by atoms with Crippen LogP contribution in [0.1, 0.15) is 13.8 Å². The summed E-state index contributed by atoms with van der Waals surface area (Å²) in [5, 5.41) is 0. The molecule has 1 saturated carbocycles. The van der Waals surface area contributed by atoms with Crippen LogP contribution in [0.4, 0.5) is 0 Å². The molecule has 40 valence electrons. The lowest BCUT2D eigenvalue weighted by Crippen LogP contribution is -1.75. The van der Waals surface area contributed by atoms with Crippen LogP contribution < -0.4 is 0 Å². The molecule has 0 saturated heterocycles. The Labute approximate surface area is 43.7 Å². The predicted octanol–water partition coefficient (Wildman–Crippen LogP) is 1.09. The number of rotatable bonds is 1. The van der Waals surface area contributed by atoms with Crippen LogP contribution in [-0.2, 0) is 4.79 Å². The molecule has 0 aromatic heterocycles. The summed E-state index contributed by atoms with van der Waals surface area (Å²) in [4.78, 5) is 9.99. The van der Waals surface area contributed by atoms with E-state index in [-0.39, 0.29) is 0 Å². The first kappa shape index (κ1) is 4.82. The van der Waals surface area contributed by atoms with E-state index in [0.717, 1.165) is 6.29 Å². The molecule has 2 unspecified atom stereocenters. The Balaban J connectivity index is 2.37. The molecule has 1 rings (SSSR count). The van der Waals surface area contributed by atoms with Crippen LogP contribution >= 0.6 is 0 Å². The standard InChI is InChI=1S/C6H10O/c1-4-5(2)6(4)3-7/h3-6H,1-2H3. The van der Waals surface area contributed by atoms with Crippen molar-refractivity contribution in [3.63, 3.8) is 0 Å². The van der Waals surface area contributed by atoms with Crippen LogP contribution in [0.5, 0.6) is 0 Å². The van der Waals surface area contributed by atoms with E-state index in [1.165, 1.54) is 0 Å². The van der Waals surface area contributed by atoms with E-state index in [0.29, 0.717) is 17.8 Å². The molecule has 0 heterocycles. The molecule has 0 aromatic rings. The number of aldehydes is 1. The highest BCUT2D eigenvalue weighted by Gasteiger charge is 2.42. The highest BCUT2D eigenvalue weighted by molar-refractivity contribution is 5.58. The van der Waals surface area contributed by atoms with Crippen molar-refractivity contribution >= 4 is 6.29 Å². The predicted molar refractivity (Wildman–Crippen MR) is 27.9 cm³/mol. The van der Waals surface area contributed by atoms with Gasteiger partial charge in [0.15, 0.2) is 0 Å². The van der Waals surface area contributed by atoms with Gasteiger partial charge in [-0.3, -0.25) is 0 Å². The minimum absolute atomic E-state index is 0.389. The Morgan fingerprint density at radius 1 is 1.29 bits per heavy atom. The first-order valence-corrected chi connectivity index (χ1v) is 2.72. The third-order valence-corrected chi connectivity index (χ3v) is 2.06. The summed E-state index contributed by atoms with van der Waals surface area (Å²) in [6.45, 7) is 4.23. The van der Waals surface area contributed by atoms with Gasteiger partial charge in [-0.05, 0) is 11.8 Å². The van der Waals surface area contributed by atoms with Crippen LogP contribution in [0.15, 0.2) is 0 Å². The van der Waals surface area contributed by atoms with Gasteiger partial charge in [-0.2, -0.15) is 0 Å². The zero-order valence-electron chi connectivity index (χ0n) is 4.72. The molecule has 1 aliphatic carbocycles. The summed E-state index contributed by atoms with van der Waals surface area (Å²) in [5.74, 6) is 1.72. The average molecular weight is 98.1 g/mol. The van der Waals surface area contributed by atoms with Gasteiger partial charge >= 0.3 is 0 Å². The van der Waals surface area contributed by atoms with Crippen LogP contribution in [0, 0.1) is 17.8 Å². The summed E-state index contributed by atoms with van der Waals surface area (Å²) in [6, 6.07) is 0. The zero-order chi connectivity index (χ0) is 5.44. The van der Waals surface area contributed by atoms with Crippen molar-refractivity contribution in [3.05, 3.63) is 0 Å². The molecule has 7 heavy (non-hydrogen) atoms. The molecule has 0 bridgehead atoms. The summed E-state index contributed by atoms with van der Waals surface area (Å²) in [5.41, 5.74) is 0. The minimum atomic E-state index is 0.389. The van der Waals surface area contributed by atoms with E-state index in [4.69, 9.17) is 0 Å². The Bertz CT molecular complexity index is 80.2. The van der Waals surface area contributed by atoms with Crippen molar-refractivity contribution in [1.82, 2.24) is 0 Å². The molecule has 0 amide bonds. The smallest absolute Gasteiger partial charge is 0.123 e. The Morgan fingerprint density at radius 2 is 1.71 bits per heavy atom. The monoisotopic (exact) mass is 98.1 g/mol. The number of carbonyl (C=O) groups excluding carboxylic acids is 1. The third-order valence-electron chi connectivity index (χ3n) is 2.06. The summed E-state index contributed by atoms with van der Waals surface area (Å²) < 4.78 is 0. The Kier molecular flexibility index (Phi) is 0.911. The van der Waals surface area contributed by atoms with E-state index < -0.39 is 0 Å².